The predicted octanol–water partition coefficient (Wildman–Crippen LogP) is 2.79. The topological polar surface area (TPSA) is 102 Å². The van der Waals surface area contributed by atoms with E-state index in [1.807, 2.05) is 6.07 Å². The number of halogens is 1. The van der Waals surface area contributed by atoms with Crippen molar-refractivity contribution in [3.63, 3.8) is 0 Å². The highest BCUT2D eigenvalue weighted by Crippen LogP contribution is 2.33. The van der Waals surface area contributed by atoms with E-state index in [1.165, 1.54) is 11.3 Å². The van der Waals surface area contributed by atoms with Crippen LogP contribution in [0.15, 0.2) is 40.2 Å². The third-order valence-electron chi connectivity index (χ3n) is 4.03. The van der Waals surface area contributed by atoms with Gasteiger partial charge in [0.2, 0.25) is 5.91 Å². The lowest BCUT2D eigenvalue weighted by atomic mass is 9.92. The van der Waals surface area contributed by atoms with Crippen LogP contribution < -0.4 is 10.6 Å². The molecule has 0 radical (unpaired) electrons. The first kappa shape index (κ1) is 18.1. The zero-order valence-electron chi connectivity index (χ0n) is 13.6. The smallest absolute Gasteiger partial charge is 0.319 e. The number of urea groups is 1. The Morgan fingerprint density at radius 1 is 1.38 bits per heavy atom. The molecule has 1 aromatic carbocycles. The summed E-state index contributed by atoms with van der Waals surface area (Å²) in [7, 11) is 0. The van der Waals surface area contributed by atoms with Gasteiger partial charge < -0.3 is 10.6 Å². The molecule has 4 amide bonds. The minimum Gasteiger partial charge on any atom is -0.319 e. The first-order chi connectivity index (χ1) is 12.4. The van der Waals surface area contributed by atoms with E-state index in [1.54, 1.807) is 42.6 Å². The third-order valence-corrected chi connectivity index (χ3v) is 5.55. The largest absolute Gasteiger partial charge is 0.325 e. The van der Waals surface area contributed by atoms with Gasteiger partial charge in [0.1, 0.15) is 23.2 Å². The quantitative estimate of drug-likeness (QED) is 0.724. The van der Waals surface area contributed by atoms with E-state index in [-0.39, 0.29) is 0 Å². The van der Waals surface area contributed by atoms with Gasteiger partial charge in [0.15, 0.2) is 0 Å². The van der Waals surface area contributed by atoms with Gasteiger partial charge in [-0.25, -0.2) is 4.79 Å². The maximum atomic E-state index is 12.8. The maximum Gasteiger partial charge on any atom is 0.325 e. The van der Waals surface area contributed by atoms with Gasteiger partial charge in [0.05, 0.1) is 5.56 Å². The van der Waals surface area contributed by atoms with E-state index in [0.717, 1.165) is 4.90 Å². The van der Waals surface area contributed by atoms with Crippen LogP contribution in [0.4, 0.5) is 9.80 Å². The Morgan fingerprint density at radius 3 is 2.81 bits per heavy atom. The highest BCUT2D eigenvalue weighted by molar-refractivity contribution is 9.10. The molecule has 1 aliphatic rings. The molecule has 1 aromatic heterocycles. The lowest BCUT2D eigenvalue weighted by Crippen LogP contribution is -2.42. The summed E-state index contributed by atoms with van der Waals surface area (Å²) in [6.45, 7) is 1.16. The van der Waals surface area contributed by atoms with Crippen molar-refractivity contribution < 1.29 is 14.4 Å². The van der Waals surface area contributed by atoms with Crippen LogP contribution in [0.3, 0.4) is 0 Å². The van der Waals surface area contributed by atoms with Crippen molar-refractivity contribution in [2.24, 2.45) is 0 Å². The standard InChI is InChI=1S/C17H13BrN4O3S/c1-17(11-4-2-3-5-12(11)18)15(24)22(16(25)21-17)9-13(23)20-14-10(8-19)6-7-26-14/h2-7H,9H2,1H3,(H,20,23)(H,21,25). The monoisotopic (exact) mass is 432 g/mol. The second-order valence-corrected chi connectivity index (χ2v) is 7.52. The van der Waals surface area contributed by atoms with Crippen LogP contribution in [0.2, 0.25) is 0 Å². The van der Waals surface area contributed by atoms with Crippen LogP contribution in [-0.2, 0) is 15.1 Å². The van der Waals surface area contributed by atoms with Gasteiger partial charge >= 0.3 is 6.03 Å². The van der Waals surface area contributed by atoms with Crippen molar-refractivity contribution in [2.45, 2.75) is 12.5 Å². The van der Waals surface area contributed by atoms with Crippen molar-refractivity contribution in [2.75, 3.05) is 11.9 Å². The number of benzene rings is 1. The first-order valence-electron chi connectivity index (χ1n) is 7.53. The van der Waals surface area contributed by atoms with Gasteiger partial charge in [-0.3, -0.25) is 14.5 Å². The molecule has 0 aliphatic carbocycles. The number of amides is 4. The number of nitrogens with one attached hydrogen (secondary N) is 2. The summed E-state index contributed by atoms with van der Waals surface area (Å²) >= 11 is 4.58. The van der Waals surface area contributed by atoms with Crippen molar-refractivity contribution in [1.29, 1.82) is 5.26 Å². The number of thiophene rings is 1. The van der Waals surface area contributed by atoms with Crippen LogP contribution in [-0.4, -0.2) is 29.3 Å². The molecule has 132 valence electrons. The number of carbonyl (C=O) groups is 3. The SMILES string of the molecule is CC1(c2ccccc2Br)NC(=O)N(CC(=O)Nc2sccc2C#N)C1=O. The number of imide groups is 1. The fraction of sp³-hybridized carbons (Fsp3) is 0.176. The van der Waals surface area contributed by atoms with E-state index in [4.69, 9.17) is 5.26 Å². The molecule has 1 fully saturated rings. The summed E-state index contributed by atoms with van der Waals surface area (Å²) in [6, 6.07) is 9.97. The molecule has 9 heteroatoms. The molecule has 1 unspecified atom stereocenters. The summed E-state index contributed by atoms with van der Waals surface area (Å²) in [4.78, 5) is 38.3. The van der Waals surface area contributed by atoms with Crippen LogP contribution in [0.1, 0.15) is 18.1 Å². The Kier molecular flexibility index (Phi) is 4.80. The predicted molar refractivity (Wildman–Crippen MR) is 99.4 cm³/mol. The summed E-state index contributed by atoms with van der Waals surface area (Å²) < 4.78 is 0.680. The zero-order valence-corrected chi connectivity index (χ0v) is 16.0. The fourth-order valence-corrected chi connectivity index (χ4v) is 4.13. The average molecular weight is 433 g/mol. The Balaban J connectivity index is 1.79. The van der Waals surface area contributed by atoms with Crippen molar-refractivity contribution >= 4 is 50.1 Å². The molecule has 0 bridgehead atoms. The number of rotatable bonds is 4. The van der Waals surface area contributed by atoms with Gasteiger partial charge in [-0.05, 0) is 24.4 Å². The van der Waals surface area contributed by atoms with Crippen LogP contribution in [0, 0.1) is 11.3 Å². The van der Waals surface area contributed by atoms with E-state index in [0.29, 0.717) is 20.6 Å². The molecular weight excluding hydrogens is 420 g/mol. The number of anilines is 1. The number of hydrogen-bond acceptors (Lipinski definition) is 5. The molecule has 1 atom stereocenters. The third kappa shape index (κ3) is 3.09. The number of carbonyl (C=O) groups excluding carboxylic acids is 3. The van der Waals surface area contributed by atoms with Crippen LogP contribution >= 0.6 is 27.3 Å². The maximum absolute atomic E-state index is 12.8. The molecular formula is C17H13BrN4O3S. The second-order valence-electron chi connectivity index (χ2n) is 5.75. The Morgan fingerprint density at radius 2 is 2.12 bits per heavy atom. The lowest BCUT2D eigenvalue weighted by Gasteiger charge is -2.23. The Bertz CT molecular complexity index is 951. The van der Waals surface area contributed by atoms with E-state index < -0.39 is 29.9 Å². The van der Waals surface area contributed by atoms with Gasteiger partial charge in [0, 0.05) is 10.0 Å². The highest BCUT2D eigenvalue weighted by atomic mass is 79.9. The Labute approximate surface area is 161 Å². The van der Waals surface area contributed by atoms with E-state index in [9.17, 15) is 14.4 Å². The minimum atomic E-state index is -1.27. The molecule has 0 spiro atoms. The number of hydrogen-bond donors (Lipinski definition) is 2. The van der Waals surface area contributed by atoms with Crippen molar-refractivity contribution in [1.82, 2.24) is 10.2 Å². The number of nitrogens with zero attached hydrogens (tertiary/aromatic N) is 2. The molecule has 1 saturated heterocycles. The van der Waals surface area contributed by atoms with E-state index >= 15 is 0 Å². The molecule has 7 nitrogen and oxygen atoms in total. The van der Waals surface area contributed by atoms with Crippen molar-refractivity contribution in [3.05, 3.63) is 51.3 Å². The average Bonchev–Trinajstić information content (AvgIpc) is 3.13. The summed E-state index contributed by atoms with van der Waals surface area (Å²) in [6.07, 6.45) is 0. The lowest BCUT2D eigenvalue weighted by molar-refractivity contribution is -0.133. The van der Waals surface area contributed by atoms with Crippen LogP contribution in [0.25, 0.3) is 0 Å². The normalized spacial score (nSPS) is 19.2. The van der Waals surface area contributed by atoms with E-state index in [2.05, 4.69) is 26.6 Å². The molecule has 0 saturated carbocycles. The highest BCUT2D eigenvalue weighted by Gasteiger charge is 2.50. The van der Waals surface area contributed by atoms with Gasteiger partial charge in [-0.1, -0.05) is 34.1 Å². The van der Waals surface area contributed by atoms with Gasteiger partial charge in [0.25, 0.3) is 5.91 Å². The molecule has 1 aliphatic heterocycles. The van der Waals surface area contributed by atoms with Gasteiger partial charge in [-0.15, -0.1) is 11.3 Å². The Hall–Kier alpha value is -2.70. The first-order valence-corrected chi connectivity index (χ1v) is 9.20. The fourth-order valence-electron chi connectivity index (χ4n) is 2.69. The van der Waals surface area contributed by atoms with Crippen LogP contribution in [0.5, 0.6) is 0 Å². The van der Waals surface area contributed by atoms with Gasteiger partial charge in [-0.2, -0.15) is 5.26 Å². The molecule has 2 N–H and O–H groups in total. The number of nitriles is 1. The van der Waals surface area contributed by atoms with Crippen molar-refractivity contribution in [3.8, 4) is 6.07 Å². The minimum absolute atomic E-state index is 0.332. The summed E-state index contributed by atoms with van der Waals surface area (Å²) in [5.74, 6) is -1.07. The molecule has 26 heavy (non-hydrogen) atoms. The summed E-state index contributed by atoms with van der Waals surface area (Å²) in [5, 5.41) is 16.3. The summed E-state index contributed by atoms with van der Waals surface area (Å²) in [5.41, 5.74) is -0.331. The second kappa shape index (κ2) is 6.90. The zero-order chi connectivity index (χ0) is 18.9. The molecule has 3 rings (SSSR count). The molecule has 2 aromatic rings. The molecule has 2 heterocycles.